The molecule has 0 aliphatic rings. The van der Waals surface area contributed by atoms with Crippen LogP contribution in [0.5, 0.6) is 0 Å². The molecule has 0 heterocycles. The molecule has 0 N–H and O–H groups in total. The van der Waals surface area contributed by atoms with Crippen molar-refractivity contribution in [1.29, 1.82) is 0 Å². The average Bonchev–Trinajstić information content (AvgIpc) is 2.48. The van der Waals surface area contributed by atoms with E-state index >= 15 is 0 Å². The van der Waals surface area contributed by atoms with Crippen LogP contribution in [0.15, 0.2) is 29.2 Å². The van der Waals surface area contributed by atoms with Gasteiger partial charge in [-0.05, 0) is 59.8 Å². The second-order valence-corrected chi connectivity index (χ2v) is 12.8. The number of hydrogen-bond donors (Lipinski definition) is 0. The van der Waals surface area contributed by atoms with Gasteiger partial charge in [-0.25, -0.2) is 8.42 Å². The molecule has 120 valence electrons. The molecule has 1 rings (SSSR count). The molecule has 21 heavy (non-hydrogen) atoms. The van der Waals surface area contributed by atoms with Crippen molar-refractivity contribution >= 4 is 26.2 Å². The molecule has 0 unspecified atom stereocenters. The van der Waals surface area contributed by atoms with Crippen molar-refractivity contribution in [3.8, 4) is 0 Å². The van der Waals surface area contributed by atoms with Crippen LogP contribution in [0, 0.1) is 6.92 Å². The van der Waals surface area contributed by atoms with Gasteiger partial charge in [-0.2, -0.15) is 3.85 Å². The van der Waals surface area contributed by atoms with E-state index in [4.69, 9.17) is 0 Å². The first-order valence-electron chi connectivity index (χ1n) is 7.53. The number of aryl methyl sites for hydroxylation is 1. The number of sulfonamides is 1. The summed E-state index contributed by atoms with van der Waals surface area (Å²) in [6.07, 6.45) is 3.71. The third-order valence-corrected chi connectivity index (χ3v) is 12.9. The molecule has 0 atom stereocenters. The van der Waals surface area contributed by atoms with Gasteiger partial charge in [-0.15, -0.1) is 0 Å². The maximum Gasteiger partial charge on any atom is 0.249 e. The van der Waals surface area contributed by atoms with Gasteiger partial charge >= 0.3 is 0 Å². The predicted octanol–water partition coefficient (Wildman–Crippen LogP) is 4.86. The highest BCUT2D eigenvalue weighted by Gasteiger charge is 2.34. The van der Waals surface area contributed by atoms with Gasteiger partial charge < -0.3 is 0 Å². The van der Waals surface area contributed by atoms with Gasteiger partial charge in [-0.3, -0.25) is 0 Å². The van der Waals surface area contributed by atoms with Crippen LogP contribution in [0.3, 0.4) is 0 Å². The summed E-state index contributed by atoms with van der Waals surface area (Å²) in [5.41, 5.74) is 1.09. The van der Waals surface area contributed by atoms with Crippen LogP contribution >= 0.6 is 16.1 Å². The van der Waals surface area contributed by atoms with E-state index in [1.54, 1.807) is 12.1 Å². The van der Waals surface area contributed by atoms with Crippen LogP contribution < -0.4 is 0 Å². The fourth-order valence-corrected chi connectivity index (χ4v) is 12.1. The minimum atomic E-state index is -3.37. The summed E-state index contributed by atoms with van der Waals surface area (Å²) in [6, 6.07) is 7.25. The molecular formula is C15H27NO2P2S. The summed E-state index contributed by atoms with van der Waals surface area (Å²) in [5, 5.41) is 0. The van der Waals surface area contributed by atoms with Crippen LogP contribution in [0.2, 0.25) is 0 Å². The summed E-state index contributed by atoms with van der Waals surface area (Å²) >= 11 is 0. The normalized spacial score (nSPS) is 12.6. The maximum atomic E-state index is 13.1. The van der Waals surface area contributed by atoms with E-state index in [1.165, 1.54) is 0 Å². The zero-order valence-electron chi connectivity index (χ0n) is 13.7. The first kappa shape index (κ1) is 19.0. The molecule has 0 amide bonds. The lowest BCUT2D eigenvalue weighted by molar-refractivity contribution is 0.579. The van der Waals surface area contributed by atoms with Crippen LogP contribution in [-0.4, -0.2) is 36.9 Å². The summed E-state index contributed by atoms with van der Waals surface area (Å²) in [5.74, 6) is 0. The zero-order valence-corrected chi connectivity index (χ0v) is 16.3. The third kappa shape index (κ3) is 4.48. The van der Waals surface area contributed by atoms with Crippen molar-refractivity contribution in [2.45, 2.75) is 39.5 Å². The zero-order chi connectivity index (χ0) is 16.0. The van der Waals surface area contributed by atoms with Gasteiger partial charge in [-0.1, -0.05) is 45.4 Å². The number of rotatable bonds is 8. The van der Waals surface area contributed by atoms with Crippen LogP contribution in [-0.2, 0) is 10.0 Å². The Labute approximate surface area is 132 Å². The average molecular weight is 347 g/mol. The smallest absolute Gasteiger partial charge is 0.206 e. The van der Waals surface area contributed by atoms with E-state index < -0.39 is 26.2 Å². The third-order valence-electron chi connectivity index (χ3n) is 3.48. The minimum Gasteiger partial charge on any atom is -0.206 e. The molecule has 0 spiro atoms. The highest BCUT2D eigenvalue weighted by Crippen LogP contribution is 2.59. The minimum absolute atomic E-state index is 0.442. The second-order valence-electron chi connectivity index (χ2n) is 4.82. The van der Waals surface area contributed by atoms with Gasteiger partial charge in [0.25, 0.3) is 0 Å². The molecular weight excluding hydrogens is 320 g/mol. The molecule has 6 heteroatoms. The van der Waals surface area contributed by atoms with Crippen LogP contribution in [0.1, 0.15) is 33.3 Å². The summed E-state index contributed by atoms with van der Waals surface area (Å²) < 4.78 is 28.1. The van der Waals surface area contributed by atoms with Crippen molar-refractivity contribution in [2.24, 2.45) is 0 Å². The topological polar surface area (TPSA) is 37.4 Å². The molecule has 0 aromatic heterocycles. The Balaban J connectivity index is 3.31. The second kappa shape index (κ2) is 8.58. The molecule has 1 aromatic rings. The Morgan fingerprint density at radius 3 is 1.57 bits per heavy atom. The molecule has 3 nitrogen and oxygen atoms in total. The Kier molecular flexibility index (Phi) is 7.78. The van der Waals surface area contributed by atoms with Gasteiger partial charge in [0.1, 0.15) is 0 Å². The molecule has 0 saturated carbocycles. The summed E-state index contributed by atoms with van der Waals surface area (Å²) in [7, 11) is -4.61. The quantitative estimate of drug-likeness (QED) is 0.630. The maximum absolute atomic E-state index is 13.1. The standard InChI is InChI=1S/C15H27NO2P2S/c1-6-19(7-2)16(20(8-3)9-4)21(17,18)15-12-10-14(5)11-13-15/h10-13H,6-9H2,1-5H3. The van der Waals surface area contributed by atoms with Gasteiger partial charge in [0.05, 0.1) is 4.90 Å². The Bertz CT molecular complexity index is 511. The van der Waals surface area contributed by atoms with Crippen molar-refractivity contribution in [1.82, 2.24) is 3.85 Å². The van der Waals surface area contributed by atoms with Gasteiger partial charge in [0.15, 0.2) is 0 Å². The Hall–Kier alpha value is -0.0100. The molecule has 0 bridgehead atoms. The summed E-state index contributed by atoms with van der Waals surface area (Å²) in [6.45, 7) is 10.4. The molecule has 0 saturated heterocycles. The number of hydrogen-bond acceptors (Lipinski definition) is 2. The van der Waals surface area contributed by atoms with Crippen LogP contribution in [0.25, 0.3) is 0 Å². The lowest BCUT2D eigenvalue weighted by atomic mass is 10.2. The van der Waals surface area contributed by atoms with Gasteiger partial charge in [0, 0.05) is 0 Å². The van der Waals surface area contributed by atoms with Crippen molar-refractivity contribution in [3.05, 3.63) is 29.8 Å². The fourth-order valence-electron chi connectivity index (χ4n) is 2.22. The highest BCUT2D eigenvalue weighted by molar-refractivity contribution is 8.01. The highest BCUT2D eigenvalue weighted by atomic mass is 32.2. The monoisotopic (exact) mass is 347 g/mol. The van der Waals surface area contributed by atoms with Crippen LogP contribution in [0.4, 0.5) is 0 Å². The number of benzene rings is 1. The van der Waals surface area contributed by atoms with E-state index in [0.717, 1.165) is 30.2 Å². The van der Waals surface area contributed by atoms with Gasteiger partial charge in [0.2, 0.25) is 10.0 Å². The lowest BCUT2D eigenvalue weighted by Crippen LogP contribution is -2.25. The van der Waals surface area contributed by atoms with E-state index in [2.05, 4.69) is 27.7 Å². The fraction of sp³-hybridized carbons (Fsp3) is 0.600. The van der Waals surface area contributed by atoms with E-state index in [1.807, 2.05) is 22.9 Å². The largest absolute Gasteiger partial charge is 0.249 e. The summed E-state index contributed by atoms with van der Waals surface area (Å²) in [4.78, 5) is 0.442. The Morgan fingerprint density at radius 1 is 0.857 bits per heavy atom. The first-order valence-corrected chi connectivity index (χ1v) is 12.3. The molecule has 0 aliphatic carbocycles. The van der Waals surface area contributed by atoms with E-state index in [0.29, 0.717) is 4.90 Å². The Morgan fingerprint density at radius 2 is 1.24 bits per heavy atom. The first-order chi connectivity index (χ1) is 9.92. The predicted molar refractivity (Wildman–Crippen MR) is 96.2 cm³/mol. The molecule has 0 aliphatic heterocycles. The van der Waals surface area contributed by atoms with Crippen molar-refractivity contribution < 1.29 is 8.42 Å². The van der Waals surface area contributed by atoms with E-state index in [9.17, 15) is 8.42 Å². The molecule has 0 fully saturated rings. The van der Waals surface area contributed by atoms with E-state index in [-0.39, 0.29) is 0 Å². The van der Waals surface area contributed by atoms with Crippen molar-refractivity contribution in [3.63, 3.8) is 0 Å². The SMILES string of the molecule is CCP(CC)N(P(CC)CC)S(=O)(=O)c1ccc(C)cc1. The molecule has 1 aromatic carbocycles. The van der Waals surface area contributed by atoms with Crippen molar-refractivity contribution in [2.75, 3.05) is 24.6 Å². The molecule has 0 radical (unpaired) electrons. The lowest BCUT2D eigenvalue weighted by Gasteiger charge is -2.35. The number of nitrogens with zero attached hydrogens (tertiary/aromatic N) is 1.